The van der Waals surface area contributed by atoms with Gasteiger partial charge in [0.1, 0.15) is 23.5 Å². The third-order valence-electron chi connectivity index (χ3n) is 4.81. The fourth-order valence-electron chi connectivity index (χ4n) is 2.86. The van der Waals surface area contributed by atoms with Crippen LogP contribution in [-0.2, 0) is 9.53 Å². The molecule has 0 saturated carbocycles. The lowest BCUT2D eigenvalue weighted by Crippen LogP contribution is -2.32. The van der Waals surface area contributed by atoms with Crippen molar-refractivity contribution in [2.45, 2.75) is 38.6 Å². The average molecular weight is 406 g/mol. The van der Waals surface area contributed by atoms with Crippen LogP contribution in [0.4, 0.5) is 0 Å². The minimum atomic E-state index is -1.59. The Morgan fingerprint density at radius 1 is 1.10 bits per heavy atom. The predicted octanol–water partition coefficient (Wildman–Crippen LogP) is 1.85. The van der Waals surface area contributed by atoms with Crippen molar-refractivity contribution in [3.63, 3.8) is 0 Å². The van der Waals surface area contributed by atoms with Crippen molar-refractivity contribution in [2.24, 2.45) is 5.92 Å². The van der Waals surface area contributed by atoms with E-state index in [0.29, 0.717) is 0 Å². The number of benzene rings is 1. The van der Waals surface area contributed by atoms with E-state index in [1.165, 1.54) is 38.5 Å². The highest BCUT2D eigenvalue weighted by molar-refractivity contribution is 5.99. The number of phenolic OH excluding ortho intramolecular Hbond substituents is 1. The number of aliphatic hydroxyl groups excluding tert-OH is 2. The minimum Gasteiger partial charge on any atom is -0.507 e. The molecule has 0 aromatic heterocycles. The molecular formula is C21H26O8. The van der Waals surface area contributed by atoms with Crippen LogP contribution in [-0.4, -0.2) is 59.6 Å². The monoisotopic (exact) mass is 406 g/mol. The van der Waals surface area contributed by atoms with E-state index >= 15 is 0 Å². The quantitative estimate of drug-likeness (QED) is 0.636. The molecule has 0 aliphatic carbocycles. The van der Waals surface area contributed by atoms with Crippen LogP contribution in [0.3, 0.4) is 0 Å². The number of esters is 1. The van der Waals surface area contributed by atoms with Crippen LogP contribution in [0.1, 0.15) is 36.2 Å². The van der Waals surface area contributed by atoms with Crippen molar-refractivity contribution < 1.29 is 39.1 Å². The molecule has 0 spiro atoms. The predicted molar refractivity (Wildman–Crippen MR) is 105 cm³/mol. The molecule has 0 bridgehead atoms. The molecule has 0 amide bonds. The number of ketones is 1. The topological polar surface area (TPSA) is 123 Å². The minimum absolute atomic E-state index is 0.0810. The maximum atomic E-state index is 12.8. The number of methoxy groups -OCH3 is 2. The lowest BCUT2D eigenvalue weighted by atomic mass is 9.99. The van der Waals surface area contributed by atoms with Gasteiger partial charge >= 0.3 is 5.97 Å². The highest BCUT2D eigenvalue weighted by Crippen LogP contribution is 2.40. The van der Waals surface area contributed by atoms with E-state index in [1.54, 1.807) is 13.8 Å². The summed E-state index contributed by atoms with van der Waals surface area (Å²) >= 11 is 0. The largest absolute Gasteiger partial charge is 0.507 e. The highest BCUT2D eigenvalue weighted by atomic mass is 16.5. The van der Waals surface area contributed by atoms with E-state index in [0.717, 1.165) is 6.08 Å². The average Bonchev–Trinajstić information content (AvgIpc) is 2.69. The molecule has 1 aromatic carbocycles. The van der Waals surface area contributed by atoms with Crippen LogP contribution >= 0.6 is 0 Å². The summed E-state index contributed by atoms with van der Waals surface area (Å²) in [6, 6.07) is 1.25. The Labute approximate surface area is 169 Å². The Morgan fingerprint density at radius 2 is 1.79 bits per heavy atom. The lowest BCUT2D eigenvalue weighted by molar-refractivity contribution is -0.127. The summed E-state index contributed by atoms with van der Waals surface area (Å²) in [5.74, 6) is -1.76. The van der Waals surface area contributed by atoms with Crippen LogP contribution in [0.2, 0.25) is 0 Å². The number of cyclic esters (lactones) is 1. The SMILES string of the molecule is COc1cc(O)c2c(c1OC)/C=C/C[C@H](O)C(O)C(=O)/C=C\[C@H](C)[C@H](C)OC2=O. The number of aliphatic hydroxyl groups is 2. The van der Waals surface area contributed by atoms with Gasteiger partial charge in [0.05, 0.1) is 20.3 Å². The Morgan fingerprint density at radius 3 is 2.41 bits per heavy atom. The van der Waals surface area contributed by atoms with Crippen LogP contribution in [0.25, 0.3) is 6.08 Å². The normalized spacial score (nSPS) is 27.9. The Bertz CT molecular complexity index is 826. The fourth-order valence-corrected chi connectivity index (χ4v) is 2.86. The Hall–Kier alpha value is -2.84. The third kappa shape index (κ3) is 4.96. The smallest absolute Gasteiger partial charge is 0.342 e. The van der Waals surface area contributed by atoms with Gasteiger partial charge in [-0.25, -0.2) is 4.79 Å². The fraction of sp³-hybridized carbons (Fsp3) is 0.429. The zero-order valence-corrected chi connectivity index (χ0v) is 16.8. The van der Waals surface area contributed by atoms with Crippen LogP contribution < -0.4 is 9.47 Å². The molecule has 4 atom stereocenters. The Kier molecular flexibility index (Phi) is 7.41. The number of hydrogen-bond acceptors (Lipinski definition) is 8. The number of hydrogen-bond donors (Lipinski definition) is 3. The van der Waals surface area contributed by atoms with Crippen molar-refractivity contribution in [1.29, 1.82) is 0 Å². The molecule has 1 aromatic rings. The molecule has 3 N–H and O–H groups in total. The molecule has 8 heteroatoms. The van der Waals surface area contributed by atoms with Gasteiger partial charge < -0.3 is 29.5 Å². The summed E-state index contributed by atoms with van der Waals surface area (Å²) in [5.41, 5.74) is 0.0694. The molecule has 0 radical (unpaired) electrons. The maximum absolute atomic E-state index is 12.8. The van der Waals surface area contributed by atoms with Gasteiger partial charge in [-0.2, -0.15) is 0 Å². The van der Waals surface area contributed by atoms with E-state index in [9.17, 15) is 24.9 Å². The standard InChI is InChI=1S/C21H26O8/c1-11-8-9-15(23)19(25)14(22)7-5-6-13-18(21(26)29-12(11)2)16(24)10-17(27-3)20(13)28-4/h5-6,8-12,14,19,22,24-25H,7H2,1-4H3/b6-5+,9-8-/t11-,12-,14-,19?/m0/s1. The van der Waals surface area contributed by atoms with Gasteiger partial charge in [-0.15, -0.1) is 0 Å². The second kappa shape index (κ2) is 9.58. The summed E-state index contributed by atoms with van der Waals surface area (Å²) in [5, 5.41) is 30.5. The van der Waals surface area contributed by atoms with Crippen molar-refractivity contribution in [3.8, 4) is 17.2 Å². The second-order valence-electron chi connectivity index (χ2n) is 6.80. The molecule has 1 heterocycles. The molecule has 29 heavy (non-hydrogen) atoms. The number of phenols is 1. The number of fused-ring (bicyclic) bond motifs is 1. The zero-order chi connectivity index (χ0) is 21.7. The molecule has 1 aliphatic heterocycles. The van der Waals surface area contributed by atoms with Gasteiger partial charge in [0, 0.05) is 17.5 Å². The molecule has 158 valence electrons. The lowest BCUT2D eigenvalue weighted by Gasteiger charge is -2.21. The molecule has 2 rings (SSSR count). The van der Waals surface area contributed by atoms with Crippen LogP contribution in [0.15, 0.2) is 24.3 Å². The highest BCUT2D eigenvalue weighted by Gasteiger charge is 2.27. The van der Waals surface area contributed by atoms with E-state index in [-0.39, 0.29) is 40.7 Å². The number of ether oxygens (including phenoxy) is 3. The number of carbonyl (C=O) groups excluding carboxylic acids is 2. The van der Waals surface area contributed by atoms with Gasteiger partial charge in [0.2, 0.25) is 0 Å². The van der Waals surface area contributed by atoms with Gasteiger partial charge in [-0.1, -0.05) is 25.2 Å². The molecular weight excluding hydrogens is 380 g/mol. The van der Waals surface area contributed by atoms with Gasteiger partial charge in [-0.05, 0) is 19.4 Å². The summed E-state index contributed by atoms with van der Waals surface area (Å²) in [7, 11) is 2.77. The first kappa shape index (κ1) is 22.4. The Balaban J connectivity index is 2.62. The maximum Gasteiger partial charge on any atom is 0.342 e. The van der Waals surface area contributed by atoms with E-state index in [1.807, 2.05) is 0 Å². The third-order valence-corrected chi connectivity index (χ3v) is 4.81. The van der Waals surface area contributed by atoms with Crippen molar-refractivity contribution in [3.05, 3.63) is 35.4 Å². The second-order valence-corrected chi connectivity index (χ2v) is 6.80. The van der Waals surface area contributed by atoms with E-state index in [4.69, 9.17) is 14.2 Å². The zero-order valence-electron chi connectivity index (χ0n) is 16.8. The molecule has 1 aliphatic rings. The van der Waals surface area contributed by atoms with Crippen molar-refractivity contribution in [2.75, 3.05) is 14.2 Å². The van der Waals surface area contributed by atoms with E-state index in [2.05, 4.69) is 0 Å². The molecule has 0 fully saturated rings. The first-order valence-electron chi connectivity index (χ1n) is 9.14. The summed E-state index contributed by atoms with van der Waals surface area (Å²) in [6.07, 6.45) is 1.89. The van der Waals surface area contributed by atoms with Crippen molar-refractivity contribution in [1.82, 2.24) is 0 Å². The first-order valence-corrected chi connectivity index (χ1v) is 9.14. The number of carbonyl (C=O) groups is 2. The number of rotatable bonds is 2. The van der Waals surface area contributed by atoms with Gasteiger partial charge in [-0.3, -0.25) is 4.79 Å². The summed E-state index contributed by atoms with van der Waals surface area (Å²) in [6.45, 7) is 3.37. The molecule has 0 saturated heterocycles. The van der Waals surface area contributed by atoms with Gasteiger partial charge in [0.15, 0.2) is 17.3 Å². The van der Waals surface area contributed by atoms with Crippen LogP contribution in [0.5, 0.6) is 17.2 Å². The van der Waals surface area contributed by atoms with Crippen molar-refractivity contribution >= 4 is 17.8 Å². The summed E-state index contributed by atoms with van der Waals surface area (Å²) in [4.78, 5) is 24.8. The summed E-state index contributed by atoms with van der Waals surface area (Å²) < 4.78 is 16.0. The van der Waals surface area contributed by atoms with Crippen LogP contribution in [0, 0.1) is 5.92 Å². The molecule has 8 nitrogen and oxygen atoms in total. The van der Waals surface area contributed by atoms with Gasteiger partial charge in [0.25, 0.3) is 0 Å². The van der Waals surface area contributed by atoms with E-state index < -0.39 is 30.1 Å². The number of aromatic hydroxyl groups is 1. The molecule has 1 unspecified atom stereocenters. The first-order chi connectivity index (χ1) is 13.7.